The van der Waals surface area contributed by atoms with Crippen molar-refractivity contribution in [2.75, 3.05) is 26.2 Å². The second-order valence-electron chi connectivity index (χ2n) is 8.20. The molecule has 0 aromatic heterocycles. The molecule has 5 heteroatoms. The molecule has 0 aliphatic carbocycles. The van der Waals surface area contributed by atoms with Crippen LogP contribution in [0.25, 0.3) is 5.57 Å². The smallest absolute Gasteiger partial charge is 0.277 e. The number of unbranched alkanes of at least 4 members (excludes halogenated alkanes) is 3. The van der Waals surface area contributed by atoms with Gasteiger partial charge in [0.2, 0.25) is 0 Å². The number of rotatable bonds is 9. The number of piperidine rings is 1. The zero-order chi connectivity index (χ0) is 20.8. The van der Waals surface area contributed by atoms with Crippen molar-refractivity contribution in [2.24, 2.45) is 5.92 Å². The Kier molecular flexibility index (Phi) is 7.34. The monoisotopic (exact) mass is 398 g/mol. The summed E-state index contributed by atoms with van der Waals surface area (Å²) in [5.41, 5.74) is 1.96. The fourth-order valence-corrected chi connectivity index (χ4v) is 4.29. The van der Waals surface area contributed by atoms with Gasteiger partial charge in [0.1, 0.15) is 11.4 Å². The first kappa shape index (κ1) is 21.4. The van der Waals surface area contributed by atoms with Crippen molar-refractivity contribution in [3.63, 3.8) is 0 Å². The number of hydrogen-bond donors (Lipinski definition) is 0. The summed E-state index contributed by atoms with van der Waals surface area (Å²) in [6.45, 7) is 9.09. The van der Waals surface area contributed by atoms with Gasteiger partial charge in [-0.1, -0.05) is 45.2 Å². The summed E-state index contributed by atoms with van der Waals surface area (Å²) in [4.78, 5) is 30.2. The fraction of sp³-hybridized carbons (Fsp3) is 0.583. The van der Waals surface area contributed by atoms with Crippen molar-refractivity contribution in [1.29, 1.82) is 0 Å². The Balaban J connectivity index is 1.91. The Morgan fingerprint density at radius 3 is 2.45 bits per heavy atom. The molecule has 1 atom stereocenters. The standard InChI is InChI=1S/C24H34N2O3/c1-4-6-7-8-16-26-23(27)21(19-11-13-20(14-12-19)29-5-2)22(24(26)28)25-15-9-10-18(3)17-25/h11-14,18H,4-10,15-17H2,1-3H3. The number of amides is 2. The minimum Gasteiger partial charge on any atom is -0.494 e. The van der Waals surface area contributed by atoms with Crippen LogP contribution in [0.2, 0.25) is 0 Å². The molecule has 5 nitrogen and oxygen atoms in total. The molecule has 0 N–H and O–H groups in total. The predicted octanol–water partition coefficient (Wildman–Crippen LogP) is 4.48. The van der Waals surface area contributed by atoms with Gasteiger partial charge in [-0.3, -0.25) is 14.5 Å². The van der Waals surface area contributed by atoms with E-state index in [0.29, 0.717) is 30.3 Å². The van der Waals surface area contributed by atoms with Crippen LogP contribution in [-0.2, 0) is 9.59 Å². The molecule has 0 saturated carbocycles. The molecule has 1 saturated heterocycles. The number of likely N-dealkylation sites (tertiary alicyclic amines) is 1. The molecule has 2 heterocycles. The molecule has 1 aromatic carbocycles. The lowest BCUT2D eigenvalue weighted by molar-refractivity contribution is -0.137. The highest BCUT2D eigenvalue weighted by atomic mass is 16.5. The summed E-state index contributed by atoms with van der Waals surface area (Å²) in [5.74, 6) is 1.03. The van der Waals surface area contributed by atoms with Crippen LogP contribution in [0.1, 0.15) is 64.9 Å². The number of nitrogens with zero attached hydrogens (tertiary/aromatic N) is 2. The van der Waals surface area contributed by atoms with Gasteiger partial charge in [-0.25, -0.2) is 0 Å². The summed E-state index contributed by atoms with van der Waals surface area (Å²) in [6, 6.07) is 7.56. The molecule has 2 aliphatic rings. The van der Waals surface area contributed by atoms with Crippen LogP contribution in [0, 0.1) is 5.92 Å². The lowest BCUT2D eigenvalue weighted by Gasteiger charge is -2.33. The van der Waals surface area contributed by atoms with E-state index in [2.05, 4.69) is 18.7 Å². The van der Waals surface area contributed by atoms with Gasteiger partial charge in [-0.2, -0.15) is 0 Å². The van der Waals surface area contributed by atoms with Gasteiger partial charge in [0.05, 0.1) is 12.2 Å². The molecule has 1 aromatic rings. The molecule has 0 radical (unpaired) electrons. The van der Waals surface area contributed by atoms with Gasteiger partial charge in [0.25, 0.3) is 11.8 Å². The van der Waals surface area contributed by atoms with Gasteiger partial charge in [0.15, 0.2) is 0 Å². The first-order valence-corrected chi connectivity index (χ1v) is 11.1. The minimum atomic E-state index is -0.149. The van der Waals surface area contributed by atoms with E-state index in [-0.39, 0.29) is 11.8 Å². The molecule has 0 bridgehead atoms. The van der Waals surface area contributed by atoms with Crippen LogP contribution >= 0.6 is 0 Å². The molecule has 2 amide bonds. The molecular weight excluding hydrogens is 364 g/mol. The van der Waals surface area contributed by atoms with E-state index in [1.54, 1.807) is 0 Å². The Bertz CT molecular complexity index is 754. The van der Waals surface area contributed by atoms with Crippen molar-refractivity contribution in [3.8, 4) is 5.75 Å². The summed E-state index contributed by atoms with van der Waals surface area (Å²) >= 11 is 0. The average Bonchev–Trinajstić information content (AvgIpc) is 2.96. The van der Waals surface area contributed by atoms with Crippen LogP contribution in [0.15, 0.2) is 30.0 Å². The minimum absolute atomic E-state index is 0.121. The summed E-state index contributed by atoms with van der Waals surface area (Å²) in [6.07, 6.45) is 6.40. The molecule has 1 fully saturated rings. The normalized spacial score (nSPS) is 20.0. The van der Waals surface area contributed by atoms with Crippen LogP contribution in [0.4, 0.5) is 0 Å². The zero-order valence-corrected chi connectivity index (χ0v) is 18.1. The zero-order valence-electron chi connectivity index (χ0n) is 18.1. The fourth-order valence-electron chi connectivity index (χ4n) is 4.29. The SMILES string of the molecule is CCCCCCN1C(=O)C(c2ccc(OCC)cc2)=C(N2CCCC(C)C2)C1=O. The highest BCUT2D eigenvalue weighted by Crippen LogP contribution is 2.34. The molecule has 3 rings (SSSR count). The quantitative estimate of drug-likeness (QED) is 0.455. The number of ether oxygens (including phenoxy) is 1. The average molecular weight is 399 g/mol. The highest BCUT2D eigenvalue weighted by Gasteiger charge is 2.41. The molecule has 29 heavy (non-hydrogen) atoms. The second-order valence-corrected chi connectivity index (χ2v) is 8.20. The van der Waals surface area contributed by atoms with Crippen LogP contribution in [0.5, 0.6) is 5.75 Å². The Hall–Kier alpha value is -2.30. The maximum atomic E-state index is 13.3. The first-order valence-electron chi connectivity index (χ1n) is 11.1. The predicted molar refractivity (Wildman–Crippen MR) is 115 cm³/mol. The number of benzene rings is 1. The van der Waals surface area contributed by atoms with Gasteiger partial charge in [-0.15, -0.1) is 0 Å². The van der Waals surface area contributed by atoms with Gasteiger partial charge in [0, 0.05) is 19.6 Å². The van der Waals surface area contributed by atoms with E-state index in [1.165, 1.54) is 11.3 Å². The van der Waals surface area contributed by atoms with E-state index in [4.69, 9.17) is 4.74 Å². The Labute approximate surface area is 174 Å². The van der Waals surface area contributed by atoms with Crippen LogP contribution in [-0.4, -0.2) is 47.9 Å². The van der Waals surface area contributed by atoms with Crippen molar-refractivity contribution in [1.82, 2.24) is 9.80 Å². The van der Waals surface area contributed by atoms with Crippen LogP contribution < -0.4 is 4.74 Å². The van der Waals surface area contributed by atoms with E-state index in [0.717, 1.165) is 56.5 Å². The first-order chi connectivity index (χ1) is 14.1. The third-order valence-corrected chi connectivity index (χ3v) is 5.81. The third kappa shape index (κ3) is 4.82. The number of hydrogen-bond acceptors (Lipinski definition) is 4. The van der Waals surface area contributed by atoms with Gasteiger partial charge in [-0.05, 0) is 49.8 Å². The van der Waals surface area contributed by atoms with E-state index < -0.39 is 0 Å². The summed E-state index contributed by atoms with van der Waals surface area (Å²) < 4.78 is 5.54. The number of carbonyl (C=O) groups excluding carboxylic acids is 2. The molecule has 158 valence electrons. The summed E-state index contributed by atoms with van der Waals surface area (Å²) in [7, 11) is 0. The Morgan fingerprint density at radius 2 is 1.79 bits per heavy atom. The molecule has 0 spiro atoms. The molecule has 1 unspecified atom stereocenters. The maximum absolute atomic E-state index is 13.3. The van der Waals surface area contributed by atoms with E-state index >= 15 is 0 Å². The summed E-state index contributed by atoms with van der Waals surface area (Å²) in [5, 5.41) is 0. The Morgan fingerprint density at radius 1 is 1.03 bits per heavy atom. The van der Waals surface area contributed by atoms with Crippen molar-refractivity contribution < 1.29 is 14.3 Å². The maximum Gasteiger partial charge on any atom is 0.277 e. The second kappa shape index (κ2) is 9.95. The number of imide groups is 1. The van der Waals surface area contributed by atoms with E-state index in [9.17, 15) is 9.59 Å². The van der Waals surface area contributed by atoms with E-state index in [1.807, 2.05) is 31.2 Å². The van der Waals surface area contributed by atoms with Crippen molar-refractivity contribution in [3.05, 3.63) is 35.5 Å². The van der Waals surface area contributed by atoms with Crippen molar-refractivity contribution in [2.45, 2.75) is 59.3 Å². The number of carbonyl (C=O) groups is 2. The molecular formula is C24H34N2O3. The highest BCUT2D eigenvalue weighted by molar-refractivity contribution is 6.35. The van der Waals surface area contributed by atoms with Crippen molar-refractivity contribution >= 4 is 17.4 Å². The lowest BCUT2D eigenvalue weighted by atomic mass is 9.97. The largest absolute Gasteiger partial charge is 0.494 e. The molecule has 2 aliphatic heterocycles. The van der Waals surface area contributed by atoms with Gasteiger partial charge >= 0.3 is 0 Å². The van der Waals surface area contributed by atoms with Crippen LogP contribution in [0.3, 0.4) is 0 Å². The van der Waals surface area contributed by atoms with Gasteiger partial charge < -0.3 is 9.64 Å². The lowest BCUT2D eigenvalue weighted by Crippen LogP contribution is -2.39. The topological polar surface area (TPSA) is 49.9 Å². The third-order valence-electron chi connectivity index (χ3n) is 5.81.